The number of carbonyl (C=O) groups is 1. The first kappa shape index (κ1) is 15.7. The molecule has 0 unspecified atom stereocenters. The second kappa shape index (κ2) is 6.90. The third kappa shape index (κ3) is 3.76. The van der Waals surface area contributed by atoms with Gasteiger partial charge in [-0.3, -0.25) is 14.4 Å². The maximum Gasteiger partial charge on any atom is 0.282 e. The van der Waals surface area contributed by atoms with Crippen LogP contribution in [-0.4, -0.2) is 21.5 Å². The topological polar surface area (TPSA) is 47.2 Å². The second-order valence-corrected chi connectivity index (χ2v) is 6.32. The van der Waals surface area contributed by atoms with Crippen molar-refractivity contribution in [2.24, 2.45) is 4.99 Å². The highest BCUT2D eigenvalue weighted by atomic mass is 16.2. The molecule has 2 aromatic heterocycles. The quantitative estimate of drug-likeness (QED) is 0.853. The number of pyridine rings is 2. The first-order valence-electron chi connectivity index (χ1n) is 8.35. The minimum atomic E-state index is -0.122. The molecule has 23 heavy (non-hydrogen) atoms. The number of hydrogen-bond donors (Lipinski definition) is 0. The van der Waals surface area contributed by atoms with Crippen molar-refractivity contribution in [3.05, 3.63) is 59.0 Å². The fourth-order valence-corrected chi connectivity index (χ4v) is 3.04. The SMILES string of the molecule is Cc1ccn(C(=O)c2cccc(C)n2)c(=NC2CCCCC2)c1. The summed E-state index contributed by atoms with van der Waals surface area (Å²) in [6.45, 7) is 3.92. The van der Waals surface area contributed by atoms with E-state index in [2.05, 4.69) is 4.98 Å². The van der Waals surface area contributed by atoms with Crippen LogP contribution in [0.5, 0.6) is 0 Å². The molecule has 1 saturated carbocycles. The largest absolute Gasteiger partial charge is 0.282 e. The smallest absolute Gasteiger partial charge is 0.267 e. The van der Waals surface area contributed by atoms with Gasteiger partial charge in [0, 0.05) is 11.9 Å². The zero-order valence-electron chi connectivity index (χ0n) is 13.8. The maximum atomic E-state index is 12.8. The molecule has 2 heterocycles. The number of rotatable bonds is 2. The van der Waals surface area contributed by atoms with Crippen LogP contribution in [0.15, 0.2) is 41.5 Å². The van der Waals surface area contributed by atoms with E-state index >= 15 is 0 Å². The standard InChI is InChI=1S/C19H23N3O/c1-14-11-12-22(19(23)17-10-6-7-15(2)20-17)18(13-14)21-16-8-4-3-5-9-16/h6-7,10-13,16H,3-5,8-9H2,1-2H3. The van der Waals surface area contributed by atoms with Crippen molar-refractivity contribution in [1.29, 1.82) is 0 Å². The number of nitrogens with zero attached hydrogens (tertiary/aromatic N) is 3. The summed E-state index contributed by atoms with van der Waals surface area (Å²) in [5.74, 6) is -0.122. The van der Waals surface area contributed by atoms with Crippen molar-refractivity contribution in [3.63, 3.8) is 0 Å². The lowest BCUT2D eigenvalue weighted by molar-refractivity contribution is 0.0949. The molecule has 120 valence electrons. The molecule has 4 heteroatoms. The van der Waals surface area contributed by atoms with Gasteiger partial charge in [-0.2, -0.15) is 0 Å². The molecule has 0 aromatic carbocycles. The van der Waals surface area contributed by atoms with Gasteiger partial charge in [0.25, 0.3) is 5.91 Å². The molecule has 4 nitrogen and oxygen atoms in total. The summed E-state index contributed by atoms with van der Waals surface area (Å²) >= 11 is 0. The summed E-state index contributed by atoms with van der Waals surface area (Å²) in [5.41, 5.74) is 3.15. The van der Waals surface area contributed by atoms with Crippen molar-refractivity contribution < 1.29 is 4.79 Å². The van der Waals surface area contributed by atoms with Gasteiger partial charge < -0.3 is 0 Å². The van der Waals surface area contributed by atoms with Crippen molar-refractivity contribution >= 4 is 5.91 Å². The van der Waals surface area contributed by atoms with Crippen LogP contribution in [0.25, 0.3) is 0 Å². The lowest BCUT2D eigenvalue weighted by Crippen LogP contribution is -2.30. The summed E-state index contributed by atoms with van der Waals surface area (Å²) in [4.78, 5) is 22.0. The van der Waals surface area contributed by atoms with Crippen molar-refractivity contribution in [3.8, 4) is 0 Å². The summed E-state index contributed by atoms with van der Waals surface area (Å²) in [6.07, 6.45) is 7.80. The highest BCUT2D eigenvalue weighted by molar-refractivity contribution is 5.93. The van der Waals surface area contributed by atoms with Gasteiger partial charge in [-0.25, -0.2) is 4.98 Å². The Labute approximate surface area is 136 Å². The second-order valence-electron chi connectivity index (χ2n) is 6.32. The number of carbonyl (C=O) groups excluding carboxylic acids is 1. The highest BCUT2D eigenvalue weighted by Gasteiger charge is 2.14. The first-order valence-corrected chi connectivity index (χ1v) is 8.35. The first-order chi connectivity index (χ1) is 11.1. The monoisotopic (exact) mass is 309 g/mol. The molecule has 0 amide bonds. The van der Waals surface area contributed by atoms with Gasteiger partial charge in [-0.15, -0.1) is 0 Å². The van der Waals surface area contributed by atoms with Gasteiger partial charge in [0.1, 0.15) is 11.2 Å². The minimum absolute atomic E-state index is 0.122. The lowest BCUT2D eigenvalue weighted by Gasteiger charge is -2.18. The Bertz CT molecular complexity index is 770. The van der Waals surface area contributed by atoms with E-state index in [9.17, 15) is 4.79 Å². The molecular formula is C19H23N3O. The van der Waals surface area contributed by atoms with Gasteiger partial charge in [0.05, 0.1) is 6.04 Å². The predicted octanol–water partition coefficient (Wildman–Crippen LogP) is 3.42. The molecule has 0 radical (unpaired) electrons. The Morgan fingerprint density at radius 1 is 1.17 bits per heavy atom. The predicted molar refractivity (Wildman–Crippen MR) is 90.3 cm³/mol. The molecule has 0 aliphatic heterocycles. The van der Waals surface area contributed by atoms with Crippen molar-refractivity contribution in [1.82, 2.24) is 9.55 Å². The van der Waals surface area contributed by atoms with E-state index in [0.717, 1.165) is 29.6 Å². The van der Waals surface area contributed by atoms with Gasteiger partial charge in [0.2, 0.25) is 0 Å². The summed E-state index contributed by atoms with van der Waals surface area (Å²) < 4.78 is 1.63. The Morgan fingerprint density at radius 3 is 2.70 bits per heavy atom. The van der Waals surface area contributed by atoms with Crippen LogP contribution < -0.4 is 5.49 Å². The van der Waals surface area contributed by atoms with Gasteiger partial charge >= 0.3 is 0 Å². The van der Waals surface area contributed by atoms with Crippen LogP contribution in [0.3, 0.4) is 0 Å². The number of aromatic nitrogens is 2. The van der Waals surface area contributed by atoms with E-state index in [-0.39, 0.29) is 5.91 Å². The molecule has 3 rings (SSSR count). The average molecular weight is 309 g/mol. The van der Waals surface area contributed by atoms with Gasteiger partial charge in [-0.1, -0.05) is 25.3 Å². The molecule has 1 fully saturated rings. The molecular weight excluding hydrogens is 286 g/mol. The molecule has 1 aliphatic rings. The van der Waals surface area contributed by atoms with E-state index < -0.39 is 0 Å². The van der Waals surface area contributed by atoms with Crippen LogP contribution in [0.4, 0.5) is 0 Å². The molecule has 0 spiro atoms. The molecule has 0 atom stereocenters. The number of hydrogen-bond acceptors (Lipinski definition) is 3. The lowest BCUT2D eigenvalue weighted by atomic mass is 9.96. The van der Waals surface area contributed by atoms with Crippen LogP contribution in [-0.2, 0) is 0 Å². The molecule has 0 saturated heterocycles. The van der Waals surface area contributed by atoms with E-state index in [1.165, 1.54) is 19.3 Å². The van der Waals surface area contributed by atoms with Crippen molar-refractivity contribution in [2.75, 3.05) is 0 Å². The van der Waals surface area contributed by atoms with Crippen LogP contribution >= 0.6 is 0 Å². The van der Waals surface area contributed by atoms with Gasteiger partial charge in [-0.05, 0) is 56.5 Å². The molecule has 0 bridgehead atoms. The average Bonchev–Trinajstić information content (AvgIpc) is 2.55. The summed E-state index contributed by atoms with van der Waals surface area (Å²) in [5, 5.41) is 0. The van der Waals surface area contributed by atoms with Crippen molar-refractivity contribution in [2.45, 2.75) is 52.0 Å². The third-order valence-corrected chi connectivity index (χ3v) is 4.31. The maximum absolute atomic E-state index is 12.8. The van der Waals surface area contributed by atoms with E-state index in [4.69, 9.17) is 4.99 Å². The summed E-state index contributed by atoms with van der Waals surface area (Å²) in [6, 6.07) is 9.77. The zero-order chi connectivity index (χ0) is 16.2. The minimum Gasteiger partial charge on any atom is -0.267 e. The van der Waals surface area contributed by atoms with E-state index in [0.29, 0.717) is 11.7 Å². The highest BCUT2D eigenvalue weighted by Crippen LogP contribution is 2.19. The fourth-order valence-electron chi connectivity index (χ4n) is 3.04. The number of aryl methyl sites for hydroxylation is 2. The fraction of sp³-hybridized carbons (Fsp3) is 0.421. The Hall–Kier alpha value is -2.23. The van der Waals surface area contributed by atoms with E-state index in [1.54, 1.807) is 10.6 Å². The molecule has 2 aromatic rings. The zero-order valence-corrected chi connectivity index (χ0v) is 13.8. The van der Waals surface area contributed by atoms with Crippen LogP contribution in [0.1, 0.15) is 53.8 Å². The Morgan fingerprint density at radius 2 is 1.96 bits per heavy atom. The third-order valence-electron chi connectivity index (χ3n) is 4.31. The Kier molecular flexibility index (Phi) is 4.70. The van der Waals surface area contributed by atoms with Crippen LogP contribution in [0.2, 0.25) is 0 Å². The van der Waals surface area contributed by atoms with Gasteiger partial charge in [0.15, 0.2) is 0 Å². The van der Waals surface area contributed by atoms with Crippen LogP contribution in [0, 0.1) is 13.8 Å². The van der Waals surface area contributed by atoms with E-state index in [1.807, 2.05) is 44.3 Å². The molecule has 0 N–H and O–H groups in total. The normalized spacial score (nSPS) is 16.5. The summed E-state index contributed by atoms with van der Waals surface area (Å²) in [7, 11) is 0. The Balaban J connectivity index is 2.01. The molecule has 1 aliphatic carbocycles.